The summed E-state index contributed by atoms with van der Waals surface area (Å²) in [7, 11) is 1.94. The van der Waals surface area contributed by atoms with E-state index < -0.39 is 0 Å². The molecule has 1 aliphatic heterocycles. The molecule has 8 heteroatoms. The van der Waals surface area contributed by atoms with Crippen LogP contribution in [0.25, 0.3) is 0 Å². The van der Waals surface area contributed by atoms with Crippen molar-refractivity contribution >= 4 is 23.1 Å². The second-order valence-electron chi connectivity index (χ2n) is 7.24. The SMILES string of the molecule is CN(CC1CCCN1c1cccnn1)c1cnn(Cc2ccccc2)c(=O)c1Cl. The second kappa shape index (κ2) is 8.61. The first kappa shape index (κ1) is 19.4. The number of benzene rings is 1. The Morgan fingerprint density at radius 2 is 2.03 bits per heavy atom. The van der Waals surface area contributed by atoms with Gasteiger partial charge < -0.3 is 9.80 Å². The van der Waals surface area contributed by atoms with Gasteiger partial charge in [0.1, 0.15) is 5.02 Å². The molecule has 29 heavy (non-hydrogen) atoms. The third kappa shape index (κ3) is 4.24. The predicted octanol–water partition coefficient (Wildman–Crippen LogP) is 2.84. The Morgan fingerprint density at radius 1 is 1.21 bits per heavy atom. The molecule has 1 fully saturated rings. The van der Waals surface area contributed by atoms with E-state index in [0.717, 1.165) is 37.3 Å². The van der Waals surface area contributed by atoms with Crippen LogP contribution in [0.3, 0.4) is 0 Å². The van der Waals surface area contributed by atoms with E-state index in [1.165, 1.54) is 4.68 Å². The lowest BCUT2D eigenvalue weighted by Crippen LogP contribution is -2.40. The summed E-state index contributed by atoms with van der Waals surface area (Å²) >= 11 is 6.45. The number of likely N-dealkylation sites (N-methyl/N-ethyl adjacent to an activating group) is 1. The molecule has 0 N–H and O–H groups in total. The lowest BCUT2D eigenvalue weighted by atomic mass is 10.2. The van der Waals surface area contributed by atoms with Crippen molar-refractivity contribution in [2.75, 3.05) is 29.9 Å². The lowest BCUT2D eigenvalue weighted by molar-refractivity contribution is 0.625. The molecule has 4 rings (SSSR count). The summed E-state index contributed by atoms with van der Waals surface area (Å²) in [6.45, 7) is 2.06. The first-order chi connectivity index (χ1) is 14.1. The smallest absolute Gasteiger partial charge is 0.287 e. The van der Waals surface area contributed by atoms with E-state index in [-0.39, 0.29) is 16.6 Å². The first-order valence-electron chi connectivity index (χ1n) is 9.68. The molecule has 0 amide bonds. The van der Waals surface area contributed by atoms with Crippen LogP contribution < -0.4 is 15.4 Å². The van der Waals surface area contributed by atoms with E-state index in [4.69, 9.17) is 11.6 Å². The number of anilines is 2. The minimum Gasteiger partial charge on any atom is -0.370 e. The van der Waals surface area contributed by atoms with E-state index in [2.05, 4.69) is 20.2 Å². The zero-order valence-electron chi connectivity index (χ0n) is 16.3. The van der Waals surface area contributed by atoms with Gasteiger partial charge in [-0.1, -0.05) is 41.9 Å². The first-order valence-corrected chi connectivity index (χ1v) is 10.1. The Balaban J connectivity index is 1.51. The summed E-state index contributed by atoms with van der Waals surface area (Å²) in [4.78, 5) is 17.0. The van der Waals surface area contributed by atoms with Gasteiger partial charge in [-0.25, -0.2) is 4.68 Å². The van der Waals surface area contributed by atoms with Gasteiger partial charge in [0, 0.05) is 32.4 Å². The van der Waals surface area contributed by atoms with E-state index in [0.29, 0.717) is 12.2 Å². The number of halogens is 1. The third-order valence-electron chi connectivity index (χ3n) is 5.27. The Hall–Kier alpha value is -2.93. The molecule has 7 nitrogen and oxygen atoms in total. The zero-order valence-corrected chi connectivity index (χ0v) is 17.0. The van der Waals surface area contributed by atoms with Crippen LogP contribution in [0.15, 0.2) is 59.7 Å². The number of nitrogens with zero attached hydrogens (tertiary/aromatic N) is 6. The Labute approximate surface area is 174 Å². The fraction of sp³-hybridized carbons (Fsp3) is 0.333. The van der Waals surface area contributed by atoms with Crippen molar-refractivity contribution in [3.63, 3.8) is 0 Å². The van der Waals surface area contributed by atoms with E-state index in [1.807, 2.05) is 54.4 Å². The van der Waals surface area contributed by atoms with Crippen molar-refractivity contribution < 1.29 is 0 Å². The van der Waals surface area contributed by atoms with Gasteiger partial charge in [-0.3, -0.25) is 4.79 Å². The monoisotopic (exact) mass is 410 g/mol. The summed E-state index contributed by atoms with van der Waals surface area (Å²) in [5.41, 5.74) is 1.37. The summed E-state index contributed by atoms with van der Waals surface area (Å²) in [5.74, 6) is 0.880. The van der Waals surface area contributed by atoms with Crippen LogP contribution in [-0.4, -0.2) is 46.2 Å². The fourth-order valence-corrected chi connectivity index (χ4v) is 4.07. The molecule has 0 bridgehead atoms. The third-order valence-corrected chi connectivity index (χ3v) is 5.62. The molecule has 0 saturated carbocycles. The van der Waals surface area contributed by atoms with Crippen LogP contribution in [-0.2, 0) is 6.54 Å². The number of aromatic nitrogens is 4. The van der Waals surface area contributed by atoms with E-state index in [9.17, 15) is 4.79 Å². The minimum absolute atomic E-state index is 0.197. The topological polar surface area (TPSA) is 67.2 Å². The quantitative estimate of drug-likeness (QED) is 0.622. The molecule has 1 unspecified atom stereocenters. The van der Waals surface area contributed by atoms with Crippen LogP contribution in [0.2, 0.25) is 5.02 Å². The molecule has 3 aromatic rings. The van der Waals surface area contributed by atoms with Gasteiger partial charge in [-0.2, -0.15) is 10.2 Å². The largest absolute Gasteiger partial charge is 0.370 e. The van der Waals surface area contributed by atoms with Gasteiger partial charge in [-0.15, -0.1) is 5.10 Å². The maximum absolute atomic E-state index is 12.7. The molecule has 1 aromatic carbocycles. The number of rotatable bonds is 6. The predicted molar refractivity (Wildman–Crippen MR) is 115 cm³/mol. The minimum atomic E-state index is -0.280. The maximum Gasteiger partial charge on any atom is 0.287 e. The van der Waals surface area contributed by atoms with Gasteiger partial charge in [0.15, 0.2) is 5.82 Å². The standard InChI is InChI=1S/C21H23ClN6O/c1-26(15-17-9-6-12-27(17)19-10-5-11-23-25-19)18-13-24-28(21(29)20(18)22)14-16-7-3-2-4-8-16/h2-5,7-8,10-11,13,17H,6,9,12,14-15H2,1H3. The highest BCUT2D eigenvalue weighted by Gasteiger charge is 2.27. The summed E-state index contributed by atoms with van der Waals surface area (Å²) in [6, 6.07) is 13.9. The van der Waals surface area contributed by atoms with E-state index in [1.54, 1.807) is 12.4 Å². The van der Waals surface area contributed by atoms with Crippen LogP contribution in [0, 0.1) is 0 Å². The Kier molecular flexibility index (Phi) is 5.76. The molecular weight excluding hydrogens is 388 g/mol. The van der Waals surface area contributed by atoms with Crippen molar-refractivity contribution in [3.8, 4) is 0 Å². The molecule has 1 atom stereocenters. The Bertz CT molecular complexity index is 1010. The lowest BCUT2D eigenvalue weighted by Gasteiger charge is -2.30. The molecule has 1 saturated heterocycles. The summed E-state index contributed by atoms with van der Waals surface area (Å²) in [6.07, 6.45) is 5.50. The van der Waals surface area contributed by atoms with Crippen LogP contribution in [0.4, 0.5) is 11.5 Å². The molecule has 0 radical (unpaired) electrons. The molecule has 0 spiro atoms. The maximum atomic E-state index is 12.7. The molecule has 150 valence electrons. The molecular formula is C21H23ClN6O. The average Bonchev–Trinajstić information content (AvgIpc) is 3.21. The molecule has 1 aliphatic rings. The van der Waals surface area contributed by atoms with E-state index >= 15 is 0 Å². The van der Waals surface area contributed by atoms with Crippen LogP contribution >= 0.6 is 11.6 Å². The van der Waals surface area contributed by atoms with Crippen molar-refractivity contribution in [1.29, 1.82) is 0 Å². The number of hydrogen-bond acceptors (Lipinski definition) is 6. The van der Waals surface area contributed by atoms with Crippen molar-refractivity contribution in [2.24, 2.45) is 0 Å². The van der Waals surface area contributed by atoms with Gasteiger partial charge in [-0.05, 0) is 30.5 Å². The highest BCUT2D eigenvalue weighted by Crippen LogP contribution is 2.26. The summed E-state index contributed by atoms with van der Waals surface area (Å²) < 4.78 is 1.40. The van der Waals surface area contributed by atoms with Crippen LogP contribution in [0.5, 0.6) is 0 Å². The van der Waals surface area contributed by atoms with Gasteiger partial charge in [0.2, 0.25) is 0 Å². The van der Waals surface area contributed by atoms with Gasteiger partial charge in [0.05, 0.1) is 18.4 Å². The zero-order chi connectivity index (χ0) is 20.2. The highest BCUT2D eigenvalue weighted by atomic mass is 35.5. The average molecular weight is 411 g/mol. The van der Waals surface area contributed by atoms with Crippen LogP contribution in [0.1, 0.15) is 18.4 Å². The second-order valence-corrected chi connectivity index (χ2v) is 7.62. The number of hydrogen-bond donors (Lipinski definition) is 0. The Morgan fingerprint density at radius 3 is 2.79 bits per heavy atom. The molecule has 0 aliphatic carbocycles. The van der Waals surface area contributed by atoms with Gasteiger partial charge in [0.25, 0.3) is 5.56 Å². The highest BCUT2D eigenvalue weighted by molar-refractivity contribution is 6.33. The van der Waals surface area contributed by atoms with Crippen molar-refractivity contribution in [1.82, 2.24) is 20.0 Å². The fourth-order valence-electron chi connectivity index (χ4n) is 3.78. The normalized spacial score (nSPS) is 16.2. The van der Waals surface area contributed by atoms with Crippen molar-refractivity contribution in [2.45, 2.75) is 25.4 Å². The molecule has 3 heterocycles. The summed E-state index contributed by atoms with van der Waals surface area (Å²) in [5, 5.41) is 12.8. The van der Waals surface area contributed by atoms with Gasteiger partial charge >= 0.3 is 0 Å². The van der Waals surface area contributed by atoms with Crippen molar-refractivity contribution in [3.05, 3.63) is 75.8 Å². The molecule has 2 aromatic heterocycles.